The number of aliphatic hydroxyl groups is 1. The molecule has 0 radical (unpaired) electrons. The Labute approximate surface area is 96.5 Å². The minimum Gasteiger partial charge on any atom is -0.388 e. The van der Waals surface area contributed by atoms with E-state index in [1.165, 1.54) is 6.42 Å². The van der Waals surface area contributed by atoms with Crippen LogP contribution in [0.15, 0.2) is 12.4 Å². The Balaban J connectivity index is 2.16. The van der Waals surface area contributed by atoms with Gasteiger partial charge < -0.3 is 10.8 Å². The monoisotopic (exact) mass is 223 g/mol. The molecule has 90 valence electrons. The zero-order valence-corrected chi connectivity index (χ0v) is 10.1. The molecule has 4 heteroatoms. The van der Waals surface area contributed by atoms with Gasteiger partial charge in [-0.3, -0.25) is 4.68 Å². The SMILES string of the molecule is CC(C)n1cc(C(O)C2(CN)CCC2)cn1. The second-order valence-electron chi connectivity index (χ2n) is 5.17. The summed E-state index contributed by atoms with van der Waals surface area (Å²) < 4.78 is 1.88. The van der Waals surface area contributed by atoms with E-state index >= 15 is 0 Å². The number of nitrogens with zero attached hydrogens (tertiary/aromatic N) is 2. The maximum Gasteiger partial charge on any atom is 0.0888 e. The van der Waals surface area contributed by atoms with Crippen LogP contribution >= 0.6 is 0 Å². The molecular formula is C12H21N3O. The Morgan fingerprint density at radius 3 is 2.62 bits per heavy atom. The van der Waals surface area contributed by atoms with Gasteiger partial charge in [0, 0.05) is 29.8 Å². The molecule has 0 saturated heterocycles. The number of hydrogen-bond acceptors (Lipinski definition) is 3. The Morgan fingerprint density at radius 2 is 2.25 bits per heavy atom. The second kappa shape index (κ2) is 4.18. The molecule has 1 aromatic rings. The van der Waals surface area contributed by atoms with Gasteiger partial charge in [-0.15, -0.1) is 0 Å². The molecule has 0 amide bonds. The van der Waals surface area contributed by atoms with E-state index in [2.05, 4.69) is 18.9 Å². The van der Waals surface area contributed by atoms with Gasteiger partial charge in [-0.1, -0.05) is 6.42 Å². The molecule has 0 aliphatic heterocycles. The third-order valence-electron chi connectivity index (χ3n) is 3.80. The van der Waals surface area contributed by atoms with Crippen molar-refractivity contribution in [2.45, 2.75) is 45.3 Å². The molecule has 1 aliphatic carbocycles. The molecule has 0 spiro atoms. The van der Waals surface area contributed by atoms with Crippen LogP contribution in [0.4, 0.5) is 0 Å². The summed E-state index contributed by atoms with van der Waals surface area (Å²) in [5, 5.41) is 14.6. The van der Waals surface area contributed by atoms with E-state index in [4.69, 9.17) is 5.73 Å². The van der Waals surface area contributed by atoms with Gasteiger partial charge in [0.05, 0.1) is 12.3 Å². The molecule has 3 N–H and O–H groups in total. The van der Waals surface area contributed by atoms with Crippen molar-refractivity contribution in [3.63, 3.8) is 0 Å². The van der Waals surface area contributed by atoms with Crippen molar-refractivity contribution in [1.82, 2.24) is 9.78 Å². The van der Waals surface area contributed by atoms with Crippen molar-refractivity contribution in [3.8, 4) is 0 Å². The van der Waals surface area contributed by atoms with E-state index < -0.39 is 6.10 Å². The quantitative estimate of drug-likeness (QED) is 0.815. The Morgan fingerprint density at radius 1 is 1.56 bits per heavy atom. The third kappa shape index (κ3) is 1.76. The van der Waals surface area contributed by atoms with Crippen molar-refractivity contribution < 1.29 is 5.11 Å². The lowest BCUT2D eigenvalue weighted by molar-refractivity contribution is -0.0297. The lowest BCUT2D eigenvalue weighted by atomic mass is 9.64. The lowest BCUT2D eigenvalue weighted by Gasteiger charge is -2.44. The molecule has 0 aromatic carbocycles. The largest absolute Gasteiger partial charge is 0.388 e. The van der Waals surface area contributed by atoms with Crippen LogP contribution in [0.25, 0.3) is 0 Å². The van der Waals surface area contributed by atoms with Crippen LogP contribution in [0.2, 0.25) is 0 Å². The number of aliphatic hydroxyl groups excluding tert-OH is 1. The van der Waals surface area contributed by atoms with Gasteiger partial charge in [-0.25, -0.2) is 0 Å². The smallest absolute Gasteiger partial charge is 0.0888 e. The summed E-state index contributed by atoms with van der Waals surface area (Å²) in [6, 6.07) is 0.330. The summed E-state index contributed by atoms with van der Waals surface area (Å²) in [6.45, 7) is 4.71. The van der Waals surface area contributed by atoms with E-state index in [0.717, 1.165) is 18.4 Å². The Hall–Kier alpha value is -0.870. The molecule has 1 fully saturated rings. The van der Waals surface area contributed by atoms with Crippen LogP contribution in [0.1, 0.15) is 50.8 Å². The summed E-state index contributed by atoms with van der Waals surface area (Å²) in [5.41, 5.74) is 6.60. The van der Waals surface area contributed by atoms with Crippen LogP contribution in [0.5, 0.6) is 0 Å². The first-order valence-electron chi connectivity index (χ1n) is 6.01. The van der Waals surface area contributed by atoms with E-state index in [-0.39, 0.29) is 5.41 Å². The standard InChI is InChI=1S/C12H21N3O/c1-9(2)15-7-10(6-14-15)11(16)12(8-13)4-3-5-12/h6-7,9,11,16H,3-5,8,13H2,1-2H3. The minimum atomic E-state index is -0.459. The van der Waals surface area contributed by atoms with Crippen LogP contribution in [0.3, 0.4) is 0 Å². The molecule has 0 bridgehead atoms. The van der Waals surface area contributed by atoms with Crippen molar-refractivity contribution >= 4 is 0 Å². The number of nitrogens with two attached hydrogens (primary N) is 1. The summed E-state index contributed by atoms with van der Waals surface area (Å²) >= 11 is 0. The first kappa shape index (κ1) is 11.6. The van der Waals surface area contributed by atoms with Crippen molar-refractivity contribution in [2.24, 2.45) is 11.1 Å². The maximum atomic E-state index is 10.4. The minimum absolute atomic E-state index is 0.0924. The normalized spacial score (nSPS) is 20.8. The highest BCUT2D eigenvalue weighted by Gasteiger charge is 2.43. The first-order valence-corrected chi connectivity index (χ1v) is 6.01. The molecular weight excluding hydrogens is 202 g/mol. The molecule has 16 heavy (non-hydrogen) atoms. The van der Waals surface area contributed by atoms with Crippen molar-refractivity contribution in [3.05, 3.63) is 18.0 Å². The fraction of sp³-hybridized carbons (Fsp3) is 0.750. The summed E-state index contributed by atoms with van der Waals surface area (Å²) in [6.07, 6.45) is 6.46. The van der Waals surface area contributed by atoms with E-state index in [9.17, 15) is 5.11 Å². The first-order chi connectivity index (χ1) is 7.59. The number of hydrogen-bond donors (Lipinski definition) is 2. The molecule has 1 aliphatic rings. The van der Waals surface area contributed by atoms with E-state index in [1.807, 2.05) is 10.9 Å². The fourth-order valence-corrected chi connectivity index (χ4v) is 2.35. The average Bonchev–Trinajstić information content (AvgIpc) is 2.65. The zero-order chi connectivity index (χ0) is 11.8. The molecule has 4 nitrogen and oxygen atoms in total. The van der Waals surface area contributed by atoms with Crippen LogP contribution in [0, 0.1) is 5.41 Å². The molecule has 2 rings (SSSR count). The zero-order valence-electron chi connectivity index (χ0n) is 10.1. The van der Waals surface area contributed by atoms with Gasteiger partial charge in [-0.05, 0) is 26.7 Å². The molecule has 1 aromatic heterocycles. The van der Waals surface area contributed by atoms with Gasteiger partial charge in [0.1, 0.15) is 0 Å². The maximum absolute atomic E-state index is 10.4. The predicted octanol–water partition coefficient (Wildman–Crippen LogP) is 1.63. The van der Waals surface area contributed by atoms with E-state index in [0.29, 0.717) is 12.6 Å². The number of rotatable bonds is 4. The highest BCUT2D eigenvalue weighted by Crippen LogP contribution is 2.49. The van der Waals surface area contributed by atoms with E-state index in [1.54, 1.807) is 6.20 Å². The Kier molecular flexibility index (Phi) is 3.04. The van der Waals surface area contributed by atoms with Crippen molar-refractivity contribution in [2.75, 3.05) is 6.54 Å². The van der Waals surface area contributed by atoms with Crippen LogP contribution in [-0.2, 0) is 0 Å². The lowest BCUT2D eigenvalue weighted by Crippen LogP contribution is -2.42. The molecule has 1 atom stereocenters. The second-order valence-corrected chi connectivity index (χ2v) is 5.17. The highest BCUT2D eigenvalue weighted by molar-refractivity contribution is 5.14. The molecule has 1 saturated carbocycles. The van der Waals surface area contributed by atoms with Crippen molar-refractivity contribution in [1.29, 1.82) is 0 Å². The van der Waals surface area contributed by atoms with Crippen LogP contribution < -0.4 is 5.73 Å². The van der Waals surface area contributed by atoms with Gasteiger partial charge in [0.25, 0.3) is 0 Å². The fourth-order valence-electron chi connectivity index (χ4n) is 2.35. The van der Waals surface area contributed by atoms with Gasteiger partial charge in [-0.2, -0.15) is 5.10 Å². The molecule has 1 heterocycles. The summed E-state index contributed by atoms with van der Waals surface area (Å²) in [5.74, 6) is 0. The Bertz CT molecular complexity index is 349. The van der Waals surface area contributed by atoms with Gasteiger partial charge in [0.15, 0.2) is 0 Å². The van der Waals surface area contributed by atoms with Gasteiger partial charge in [0.2, 0.25) is 0 Å². The van der Waals surface area contributed by atoms with Gasteiger partial charge >= 0.3 is 0 Å². The third-order valence-corrected chi connectivity index (χ3v) is 3.80. The molecule has 1 unspecified atom stereocenters. The predicted molar refractivity (Wildman–Crippen MR) is 62.9 cm³/mol. The topological polar surface area (TPSA) is 64.1 Å². The average molecular weight is 223 g/mol. The summed E-state index contributed by atoms with van der Waals surface area (Å²) in [7, 11) is 0. The van der Waals surface area contributed by atoms with Crippen LogP contribution in [-0.4, -0.2) is 21.4 Å². The summed E-state index contributed by atoms with van der Waals surface area (Å²) in [4.78, 5) is 0. The highest BCUT2D eigenvalue weighted by atomic mass is 16.3. The number of aromatic nitrogens is 2.